The predicted molar refractivity (Wildman–Crippen MR) is 180 cm³/mol. The molecule has 0 saturated carbocycles. The summed E-state index contributed by atoms with van der Waals surface area (Å²) < 4.78 is 42.1. The van der Waals surface area contributed by atoms with E-state index in [-0.39, 0.29) is 36.0 Å². The Hall–Kier alpha value is -5.21. The number of fused-ring (bicyclic) bond motifs is 2. The largest absolute Gasteiger partial charge is 0.472 e. The molecular weight excluding hydrogens is 632 g/mol. The van der Waals surface area contributed by atoms with Crippen LogP contribution in [0.1, 0.15) is 48.1 Å². The van der Waals surface area contributed by atoms with Gasteiger partial charge in [-0.1, -0.05) is 30.3 Å². The lowest BCUT2D eigenvalue weighted by Gasteiger charge is -2.23. The van der Waals surface area contributed by atoms with Crippen LogP contribution in [0.4, 0.5) is 5.69 Å². The smallest absolute Gasteiger partial charge is 0.316 e. The van der Waals surface area contributed by atoms with E-state index in [4.69, 9.17) is 9.47 Å². The maximum absolute atomic E-state index is 13.9. The Kier molecular flexibility index (Phi) is 9.20. The molecule has 1 atom stereocenters. The number of carbonyl (C=O) groups is 1. The first-order valence-electron chi connectivity index (χ1n) is 15.6. The number of ether oxygens (including phenoxy) is 2. The number of nitrogens with one attached hydrogen (secondary N) is 1. The second-order valence-corrected chi connectivity index (χ2v) is 13.3. The fourth-order valence-electron chi connectivity index (χ4n) is 5.69. The van der Waals surface area contributed by atoms with E-state index < -0.39 is 15.9 Å². The van der Waals surface area contributed by atoms with Crippen LogP contribution in [0.25, 0.3) is 16.6 Å². The summed E-state index contributed by atoms with van der Waals surface area (Å²) in [6.07, 6.45) is 6.20. The number of carbonyl (C=O) groups excluding carboxylic acids is 1. The van der Waals surface area contributed by atoms with Crippen LogP contribution in [-0.4, -0.2) is 68.3 Å². The molecule has 1 aliphatic heterocycles. The van der Waals surface area contributed by atoms with Crippen LogP contribution < -0.4 is 14.8 Å². The Labute approximate surface area is 278 Å². The normalized spacial score (nSPS) is 16.2. The molecule has 5 aromatic rings. The van der Waals surface area contributed by atoms with Crippen molar-refractivity contribution in [3.8, 4) is 11.9 Å². The van der Waals surface area contributed by atoms with Gasteiger partial charge in [0.05, 0.1) is 37.3 Å². The first-order valence-corrected chi connectivity index (χ1v) is 17.0. The standard InChI is InChI=1S/C34H36N8O5S/c1-6-26-20-41(48(44,45)30-9-8-14-35-33(30)47-26)19-24-15-23(11-10-21(24)3)28(16-31(43)38-25-17-36-34(46-5)37-18-25)27-12-13-29-32(22(27)4)39-40-42(29)7-2/h8-18,26H,6-7,19-20H2,1-5H3,(H,38,43)/b28-16-/t26-/m1/s1. The fraction of sp³-hybridized carbons (Fsp3) is 0.294. The van der Waals surface area contributed by atoms with E-state index in [1.807, 2.05) is 62.7 Å². The monoisotopic (exact) mass is 668 g/mol. The van der Waals surface area contributed by atoms with Gasteiger partial charge in [-0.25, -0.2) is 28.1 Å². The van der Waals surface area contributed by atoms with E-state index in [9.17, 15) is 13.2 Å². The predicted octanol–water partition coefficient (Wildman–Crippen LogP) is 4.69. The molecule has 4 heterocycles. The number of rotatable bonds is 9. The molecule has 0 fully saturated rings. The molecule has 48 heavy (non-hydrogen) atoms. The second kappa shape index (κ2) is 13.5. The third-order valence-electron chi connectivity index (χ3n) is 8.39. The number of anilines is 1. The molecule has 0 aliphatic carbocycles. The van der Waals surface area contributed by atoms with Gasteiger partial charge in [-0.3, -0.25) is 4.79 Å². The van der Waals surface area contributed by atoms with Crippen molar-refractivity contribution in [2.75, 3.05) is 19.0 Å². The van der Waals surface area contributed by atoms with Gasteiger partial charge in [0, 0.05) is 25.4 Å². The topological polar surface area (TPSA) is 154 Å². The molecule has 2 aromatic carbocycles. The molecule has 248 valence electrons. The zero-order valence-electron chi connectivity index (χ0n) is 27.3. The quantitative estimate of drug-likeness (QED) is 0.219. The van der Waals surface area contributed by atoms with Gasteiger partial charge in [0.2, 0.25) is 21.8 Å². The molecule has 0 unspecified atom stereocenters. The lowest BCUT2D eigenvalue weighted by molar-refractivity contribution is -0.111. The van der Waals surface area contributed by atoms with Gasteiger partial charge in [0.25, 0.3) is 0 Å². The maximum Gasteiger partial charge on any atom is 0.316 e. The van der Waals surface area contributed by atoms with Gasteiger partial charge in [-0.2, -0.15) is 4.31 Å². The van der Waals surface area contributed by atoms with Crippen molar-refractivity contribution in [3.05, 3.63) is 94.9 Å². The van der Waals surface area contributed by atoms with Gasteiger partial charge in [0.15, 0.2) is 0 Å². The van der Waals surface area contributed by atoms with Gasteiger partial charge >= 0.3 is 6.01 Å². The average Bonchev–Trinajstić information content (AvgIpc) is 3.48. The molecule has 14 heteroatoms. The Morgan fingerprint density at radius 2 is 1.90 bits per heavy atom. The number of aryl methyl sites for hydroxylation is 3. The van der Waals surface area contributed by atoms with Crippen LogP contribution in [0.15, 0.2) is 72.0 Å². The Morgan fingerprint density at radius 3 is 2.62 bits per heavy atom. The van der Waals surface area contributed by atoms with E-state index in [1.54, 1.807) is 6.07 Å². The summed E-state index contributed by atoms with van der Waals surface area (Å²) in [6.45, 7) is 8.76. The third kappa shape index (κ3) is 6.36. The van der Waals surface area contributed by atoms with Gasteiger partial charge in [-0.05, 0) is 84.8 Å². The highest BCUT2D eigenvalue weighted by Crippen LogP contribution is 2.34. The molecular formula is C34H36N8O5S. The van der Waals surface area contributed by atoms with Gasteiger partial charge in [-0.15, -0.1) is 5.10 Å². The zero-order chi connectivity index (χ0) is 34.0. The summed E-state index contributed by atoms with van der Waals surface area (Å²) in [4.78, 5) is 25.9. The van der Waals surface area contributed by atoms with Crippen LogP contribution in [0.3, 0.4) is 0 Å². The number of hydrogen-bond donors (Lipinski definition) is 1. The number of amides is 1. The van der Waals surface area contributed by atoms with Crippen molar-refractivity contribution >= 4 is 38.2 Å². The van der Waals surface area contributed by atoms with Crippen molar-refractivity contribution in [2.24, 2.45) is 0 Å². The van der Waals surface area contributed by atoms with Crippen molar-refractivity contribution in [3.63, 3.8) is 0 Å². The molecule has 1 aliphatic rings. The molecule has 1 amide bonds. The molecule has 0 bridgehead atoms. The van der Waals surface area contributed by atoms with Crippen LogP contribution >= 0.6 is 0 Å². The lowest BCUT2D eigenvalue weighted by Crippen LogP contribution is -2.36. The van der Waals surface area contributed by atoms with Gasteiger partial charge in [0.1, 0.15) is 16.5 Å². The highest BCUT2D eigenvalue weighted by atomic mass is 32.2. The fourth-order valence-corrected chi connectivity index (χ4v) is 7.21. The summed E-state index contributed by atoms with van der Waals surface area (Å²) in [5.74, 6) is -0.290. The molecule has 0 spiro atoms. The SMILES string of the molecule is CC[C@@H]1CN(Cc2cc(/C(=C/C(=O)Nc3cnc(OC)nc3)c3ccc4c(nnn4CC)c3C)ccc2C)S(=O)(=O)c2cccnc2O1. The van der Waals surface area contributed by atoms with Crippen molar-refractivity contribution in [1.29, 1.82) is 0 Å². The van der Waals surface area contributed by atoms with E-state index >= 15 is 0 Å². The van der Waals surface area contributed by atoms with Gasteiger partial charge < -0.3 is 14.8 Å². The Morgan fingerprint density at radius 1 is 1.10 bits per heavy atom. The Balaban J connectivity index is 1.43. The number of methoxy groups -OCH3 is 1. The molecule has 0 saturated heterocycles. The van der Waals surface area contributed by atoms with E-state index in [0.717, 1.165) is 38.9 Å². The van der Waals surface area contributed by atoms with E-state index in [0.29, 0.717) is 24.2 Å². The van der Waals surface area contributed by atoms with Crippen LogP contribution in [0, 0.1) is 13.8 Å². The van der Waals surface area contributed by atoms with E-state index in [1.165, 1.54) is 42.1 Å². The summed E-state index contributed by atoms with van der Waals surface area (Å²) in [5.41, 5.74) is 6.66. The number of nitrogens with zero attached hydrogens (tertiary/aromatic N) is 7. The highest BCUT2D eigenvalue weighted by molar-refractivity contribution is 7.89. The van der Waals surface area contributed by atoms with Crippen molar-refractivity contribution in [2.45, 2.75) is 58.2 Å². The molecule has 13 nitrogen and oxygen atoms in total. The summed E-state index contributed by atoms with van der Waals surface area (Å²) in [7, 11) is -2.46. The zero-order valence-corrected chi connectivity index (χ0v) is 28.2. The second-order valence-electron chi connectivity index (χ2n) is 11.4. The number of pyridine rings is 1. The van der Waals surface area contributed by atoms with Crippen molar-refractivity contribution < 1.29 is 22.7 Å². The highest BCUT2D eigenvalue weighted by Gasteiger charge is 2.35. The van der Waals surface area contributed by atoms with E-state index in [2.05, 4.69) is 30.6 Å². The maximum atomic E-state index is 13.9. The number of aromatic nitrogens is 6. The van der Waals surface area contributed by atoms with Crippen LogP contribution in [0.5, 0.6) is 11.9 Å². The Bertz CT molecular complexity index is 2130. The summed E-state index contributed by atoms with van der Waals surface area (Å²) in [6, 6.07) is 13.0. The minimum atomic E-state index is -3.92. The summed E-state index contributed by atoms with van der Waals surface area (Å²) in [5, 5.41) is 11.5. The number of sulfonamides is 1. The number of benzene rings is 2. The first kappa shape index (κ1) is 32.7. The average molecular weight is 669 g/mol. The lowest BCUT2D eigenvalue weighted by atomic mass is 9.91. The first-order chi connectivity index (χ1) is 23.1. The summed E-state index contributed by atoms with van der Waals surface area (Å²) >= 11 is 0. The molecule has 3 aromatic heterocycles. The molecule has 6 rings (SSSR count). The minimum absolute atomic E-state index is 0.0404. The molecule has 1 N–H and O–H groups in total. The minimum Gasteiger partial charge on any atom is -0.472 e. The number of hydrogen-bond acceptors (Lipinski definition) is 10. The van der Waals surface area contributed by atoms with Crippen LogP contribution in [0.2, 0.25) is 0 Å². The third-order valence-corrected chi connectivity index (χ3v) is 10.2. The van der Waals surface area contributed by atoms with Crippen LogP contribution in [-0.2, 0) is 27.9 Å². The molecule has 0 radical (unpaired) electrons. The van der Waals surface area contributed by atoms with Crippen molar-refractivity contribution in [1.82, 2.24) is 34.3 Å².